The fraction of sp³-hybridized carbons (Fsp3) is 0.652. The molecule has 1 aliphatic heterocycles. The summed E-state index contributed by atoms with van der Waals surface area (Å²) in [5.74, 6) is 0.418. The van der Waals surface area contributed by atoms with Crippen molar-refractivity contribution >= 4 is 34.9 Å². The monoisotopic (exact) mass is 579 g/mol. The molecule has 0 saturated heterocycles. The van der Waals surface area contributed by atoms with Crippen LogP contribution in [0, 0.1) is 11.8 Å². The van der Waals surface area contributed by atoms with Gasteiger partial charge in [-0.05, 0) is 80.0 Å². The van der Waals surface area contributed by atoms with E-state index in [1.807, 2.05) is 35.1 Å². The minimum atomic E-state index is -4.55. The van der Waals surface area contributed by atoms with E-state index >= 15 is 0 Å². The second-order valence-electron chi connectivity index (χ2n) is 9.33. The van der Waals surface area contributed by atoms with Crippen LogP contribution in [0.2, 0.25) is 0 Å². The van der Waals surface area contributed by atoms with Crippen molar-refractivity contribution in [2.45, 2.75) is 69.7 Å². The summed E-state index contributed by atoms with van der Waals surface area (Å²) in [6.07, 6.45) is 3.87. The minimum absolute atomic E-state index is 0.264. The van der Waals surface area contributed by atoms with Crippen molar-refractivity contribution in [2.24, 2.45) is 22.6 Å². The van der Waals surface area contributed by atoms with Crippen molar-refractivity contribution in [1.29, 1.82) is 0 Å². The van der Waals surface area contributed by atoms with E-state index in [0.29, 0.717) is 34.7 Å². The van der Waals surface area contributed by atoms with Gasteiger partial charge in [0.2, 0.25) is 0 Å². The van der Waals surface area contributed by atoms with Crippen molar-refractivity contribution in [3.05, 3.63) is 29.3 Å². The second-order valence-corrected chi connectivity index (χ2v) is 9.84. The van der Waals surface area contributed by atoms with Gasteiger partial charge >= 0.3 is 6.18 Å². The normalized spacial score (nSPS) is 26.3. The standard InChI is InChI=1S/C23H29F3IN3O3/c24-23(25,26)13-30-21(31)20(29-22(30)28)19-11-18(32-12-15-2-1-3-15)9-6-16(19)10-14-4-7-17(33-27)8-5-14/h6,9,11,14-15,17,20H,1-5,7-8,10,12-13H2,(H2,28,29). The zero-order valence-electron chi connectivity index (χ0n) is 18.3. The number of amides is 1. The lowest BCUT2D eigenvalue weighted by molar-refractivity contribution is -0.152. The van der Waals surface area contributed by atoms with Crippen LogP contribution in [0.5, 0.6) is 5.75 Å². The maximum Gasteiger partial charge on any atom is 0.406 e. The number of nitrogens with two attached hydrogens (primary N) is 1. The summed E-state index contributed by atoms with van der Waals surface area (Å²) in [6.45, 7) is -0.839. The molecule has 3 aliphatic rings. The summed E-state index contributed by atoms with van der Waals surface area (Å²) in [5, 5.41) is 0. The quantitative estimate of drug-likeness (QED) is 0.436. The van der Waals surface area contributed by atoms with E-state index in [-0.39, 0.29) is 6.10 Å². The smallest absolute Gasteiger partial charge is 0.406 e. The van der Waals surface area contributed by atoms with Crippen LogP contribution in [-0.4, -0.2) is 42.2 Å². The third kappa shape index (κ3) is 6.12. The molecule has 0 spiro atoms. The first-order valence-corrected chi connectivity index (χ1v) is 12.4. The lowest BCUT2D eigenvalue weighted by Crippen LogP contribution is -2.43. The van der Waals surface area contributed by atoms with E-state index in [2.05, 4.69) is 4.99 Å². The lowest BCUT2D eigenvalue weighted by Gasteiger charge is -2.28. The first-order valence-electron chi connectivity index (χ1n) is 11.5. The first-order chi connectivity index (χ1) is 15.7. The fourth-order valence-electron chi connectivity index (χ4n) is 4.77. The highest BCUT2D eigenvalue weighted by Crippen LogP contribution is 2.37. The number of guanidine groups is 1. The Bertz CT molecular complexity index is 883. The Morgan fingerprint density at radius 3 is 2.45 bits per heavy atom. The van der Waals surface area contributed by atoms with Gasteiger partial charge in [0.05, 0.1) is 12.7 Å². The SMILES string of the molecule is NC1=NC(c2cc(OCC3CCC3)ccc2CC2CCC(OI)CC2)C(=O)N1CC(F)(F)F. The molecule has 0 bridgehead atoms. The average molecular weight is 579 g/mol. The van der Waals surface area contributed by atoms with Crippen LogP contribution in [0.15, 0.2) is 23.2 Å². The number of aliphatic imine (C=N–C) groups is 1. The zero-order valence-corrected chi connectivity index (χ0v) is 20.5. The number of alkyl halides is 3. The number of halogens is 4. The Kier molecular flexibility index (Phi) is 7.72. The molecule has 1 aromatic rings. The third-order valence-corrected chi connectivity index (χ3v) is 7.65. The molecule has 1 unspecified atom stereocenters. The van der Waals surface area contributed by atoms with Gasteiger partial charge < -0.3 is 13.5 Å². The van der Waals surface area contributed by atoms with Crippen LogP contribution in [-0.2, 0) is 14.3 Å². The highest BCUT2D eigenvalue weighted by Gasteiger charge is 2.42. The minimum Gasteiger partial charge on any atom is -0.493 e. The Labute approximate surface area is 205 Å². The van der Waals surface area contributed by atoms with Crippen LogP contribution in [0.1, 0.15) is 62.1 Å². The van der Waals surface area contributed by atoms with Gasteiger partial charge in [-0.1, -0.05) is 12.5 Å². The van der Waals surface area contributed by atoms with Gasteiger partial charge in [-0.2, -0.15) is 13.2 Å². The first kappa shape index (κ1) is 24.6. The molecule has 1 amide bonds. The molecule has 1 aromatic carbocycles. The molecule has 33 heavy (non-hydrogen) atoms. The Morgan fingerprint density at radius 1 is 1.12 bits per heavy atom. The van der Waals surface area contributed by atoms with Crippen LogP contribution in [0.4, 0.5) is 13.2 Å². The van der Waals surface area contributed by atoms with Crippen LogP contribution < -0.4 is 10.5 Å². The number of carbonyl (C=O) groups excluding carboxylic acids is 1. The molecular weight excluding hydrogens is 550 g/mol. The number of rotatable bonds is 8. The molecule has 2 saturated carbocycles. The van der Waals surface area contributed by atoms with Crippen molar-refractivity contribution < 1.29 is 25.8 Å². The molecule has 2 N–H and O–H groups in total. The molecular formula is C23H29F3IN3O3. The number of ether oxygens (including phenoxy) is 1. The highest BCUT2D eigenvalue weighted by atomic mass is 127. The molecule has 1 heterocycles. The molecule has 0 radical (unpaired) electrons. The summed E-state index contributed by atoms with van der Waals surface area (Å²) in [5.41, 5.74) is 7.24. The fourth-order valence-corrected chi connectivity index (χ4v) is 5.28. The van der Waals surface area contributed by atoms with Gasteiger partial charge in [-0.15, -0.1) is 0 Å². The van der Waals surface area contributed by atoms with Gasteiger partial charge in [0.25, 0.3) is 5.91 Å². The van der Waals surface area contributed by atoms with Crippen molar-refractivity contribution in [3.8, 4) is 5.75 Å². The third-order valence-electron chi connectivity index (χ3n) is 6.93. The Hall–Kier alpha value is -1.56. The molecule has 1 atom stereocenters. The second kappa shape index (κ2) is 10.4. The molecule has 182 valence electrons. The summed E-state index contributed by atoms with van der Waals surface area (Å²) in [4.78, 5) is 17.6. The Morgan fingerprint density at radius 2 is 1.85 bits per heavy atom. The summed E-state index contributed by atoms with van der Waals surface area (Å²) >= 11 is 1.94. The largest absolute Gasteiger partial charge is 0.493 e. The van der Waals surface area contributed by atoms with Crippen molar-refractivity contribution in [2.75, 3.05) is 13.2 Å². The summed E-state index contributed by atoms with van der Waals surface area (Å²) in [7, 11) is 0. The van der Waals surface area contributed by atoms with Gasteiger partial charge in [0, 0.05) is 0 Å². The summed E-state index contributed by atoms with van der Waals surface area (Å²) < 4.78 is 50.3. The molecule has 2 aliphatic carbocycles. The van der Waals surface area contributed by atoms with Crippen LogP contribution >= 0.6 is 23.0 Å². The number of hydrogen-bond donors (Lipinski definition) is 1. The van der Waals surface area contributed by atoms with E-state index in [1.165, 1.54) is 6.42 Å². The van der Waals surface area contributed by atoms with E-state index < -0.39 is 30.6 Å². The van der Waals surface area contributed by atoms with E-state index in [0.717, 1.165) is 50.5 Å². The number of nitrogens with zero attached hydrogens (tertiary/aromatic N) is 2. The number of benzene rings is 1. The maximum atomic E-state index is 13.0. The van der Waals surface area contributed by atoms with Crippen molar-refractivity contribution in [1.82, 2.24) is 4.90 Å². The lowest BCUT2D eigenvalue weighted by atomic mass is 9.82. The van der Waals surface area contributed by atoms with Crippen LogP contribution in [0.25, 0.3) is 0 Å². The molecule has 2 fully saturated rings. The molecule has 6 nitrogen and oxygen atoms in total. The van der Waals surface area contributed by atoms with Gasteiger partial charge in [-0.25, -0.2) is 4.99 Å². The molecule has 0 aromatic heterocycles. The van der Waals surface area contributed by atoms with Gasteiger partial charge in [0.1, 0.15) is 35.3 Å². The maximum absolute atomic E-state index is 13.0. The predicted octanol–water partition coefficient (Wildman–Crippen LogP) is 5.09. The zero-order chi connectivity index (χ0) is 23.6. The Balaban J connectivity index is 1.55. The highest BCUT2D eigenvalue weighted by molar-refractivity contribution is 14.1. The van der Waals surface area contributed by atoms with Crippen LogP contribution in [0.3, 0.4) is 0 Å². The van der Waals surface area contributed by atoms with Gasteiger partial charge in [0.15, 0.2) is 12.0 Å². The number of carbonyl (C=O) groups is 1. The summed E-state index contributed by atoms with van der Waals surface area (Å²) in [6, 6.07) is 4.50. The predicted molar refractivity (Wildman–Crippen MR) is 126 cm³/mol. The average Bonchev–Trinajstić information content (AvgIpc) is 3.01. The molecule has 10 heteroatoms. The van der Waals surface area contributed by atoms with E-state index in [4.69, 9.17) is 13.5 Å². The van der Waals surface area contributed by atoms with E-state index in [9.17, 15) is 18.0 Å². The van der Waals surface area contributed by atoms with Gasteiger partial charge in [-0.3, -0.25) is 9.69 Å². The topological polar surface area (TPSA) is 77.1 Å². The van der Waals surface area contributed by atoms with Crippen molar-refractivity contribution in [3.63, 3.8) is 0 Å². The number of hydrogen-bond acceptors (Lipinski definition) is 5. The van der Waals surface area contributed by atoms with E-state index in [1.54, 1.807) is 6.07 Å². The molecule has 4 rings (SSSR count).